The molecule has 3 aromatic heterocycles. The van der Waals surface area contributed by atoms with Crippen LogP contribution in [0, 0.1) is 21.4 Å². The number of nitriles is 1. The topological polar surface area (TPSA) is 111 Å². The fourth-order valence-electron chi connectivity index (χ4n) is 2.56. The summed E-state index contributed by atoms with van der Waals surface area (Å²) >= 11 is 0. The van der Waals surface area contributed by atoms with Crippen molar-refractivity contribution in [1.29, 1.82) is 5.26 Å². The van der Waals surface area contributed by atoms with E-state index in [1.165, 1.54) is 16.8 Å². The minimum Gasteiger partial charge on any atom is -0.358 e. The summed E-state index contributed by atoms with van der Waals surface area (Å²) in [5.41, 5.74) is 2.01. The zero-order valence-corrected chi connectivity index (χ0v) is 13.1. The van der Waals surface area contributed by atoms with E-state index in [2.05, 4.69) is 16.3 Å². The first kappa shape index (κ1) is 15.6. The third-order valence-electron chi connectivity index (χ3n) is 3.64. The molecule has 0 spiro atoms. The zero-order valence-electron chi connectivity index (χ0n) is 13.1. The normalized spacial score (nSPS) is 12.2. The molecular weight excluding hydrogens is 312 g/mol. The van der Waals surface area contributed by atoms with Gasteiger partial charge in [0.15, 0.2) is 5.52 Å². The van der Waals surface area contributed by atoms with Crippen molar-refractivity contribution < 1.29 is 9.66 Å². The molecule has 24 heavy (non-hydrogen) atoms. The number of aromatic nitrogens is 4. The summed E-state index contributed by atoms with van der Waals surface area (Å²) < 4.78 is 8.33. The zero-order chi connectivity index (χ0) is 17.3. The highest BCUT2D eigenvalue weighted by Crippen LogP contribution is 2.30. The molecule has 0 bridgehead atoms. The first-order chi connectivity index (χ1) is 11.6. The maximum Gasteiger partial charge on any atom is 0.348 e. The van der Waals surface area contributed by atoms with E-state index in [0.29, 0.717) is 28.8 Å². The summed E-state index contributed by atoms with van der Waals surface area (Å²) in [6.07, 6.45) is 4.41. The molecule has 1 unspecified atom stereocenters. The van der Waals surface area contributed by atoms with E-state index in [9.17, 15) is 15.4 Å². The van der Waals surface area contributed by atoms with Crippen LogP contribution in [-0.2, 0) is 4.74 Å². The highest BCUT2D eigenvalue weighted by atomic mass is 16.6. The number of rotatable bonds is 5. The Kier molecular flexibility index (Phi) is 3.97. The third kappa shape index (κ3) is 2.49. The second kappa shape index (κ2) is 6.10. The molecule has 0 saturated carbocycles. The van der Waals surface area contributed by atoms with Crippen molar-refractivity contribution in [3.8, 4) is 17.2 Å². The van der Waals surface area contributed by atoms with E-state index in [4.69, 9.17) is 4.74 Å². The van der Waals surface area contributed by atoms with Crippen LogP contribution in [0.4, 0.5) is 5.82 Å². The molecular formula is C15H14N6O3. The fourth-order valence-corrected chi connectivity index (χ4v) is 2.56. The number of nitro groups is 1. The number of ether oxygens (including phenoxy) is 1. The monoisotopic (exact) mass is 326 g/mol. The van der Waals surface area contributed by atoms with Crippen LogP contribution < -0.4 is 0 Å². The third-order valence-corrected chi connectivity index (χ3v) is 3.64. The van der Waals surface area contributed by atoms with Crippen LogP contribution in [-0.4, -0.2) is 30.9 Å². The molecule has 0 amide bonds. The van der Waals surface area contributed by atoms with Crippen molar-refractivity contribution in [1.82, 2.24) is 19.4 Å². The lowest BCUT2D eigenvalue weighted by Gasteiger charge is -2.11. The summed E-state index contributed by atoms with van der Waals surface area (Å²) in [6.45, 7) is 4.29. The van der Waals surface area contributed by atoms with E-state index in [1.807, 2.05) is 13.8 Å². The van der Waals surface area contributed by atoms with Crippen LogP contribution in [0.2, 0.25) is 0 Å². The molecule has 3 heterocycles. The number of hydrogen-bond acceptors (Lipinski definition) is 6. The van der Waals surface area contributed by atoms with Gasteiger partial charge in [0.2, 0.25) is 0 Å². The summed E-state index contributed by atoms with van der Waals surface area (Å²) in [7, 11) is 0. The predicted octanol–water partition coefficient (Wildman–Crippen LogP) is 2.53. The fraction of sp³-hybridized carbons (Fsp3) is 0.267. The standard InChI is InChI=1S/C15H14N6O3/c1-3-24-10(2)19-9-12(8-17-19)15-11(6-16)7-18-20-13(15)4-5-14(20)21(22)23/h4-5,7-10H,3H2,1-2H3. The highest BCUT2D eigenvalue weighted by molar-refractivity contribution is 5.85. The van der Waals surface area contributed by atoms with Gasteiger partial charge < -0.3 is 14.9 Å². The summed E-state index contributed by atoms with van der Waals surface area (Å²) in [5, 5.41) is 28.7. The minimum atomic E-state index is -0.517. The molecule has 0 aliphatic heterocycles. The Labute approximate surface area is 136 Å². The van der Waals surface area contributed by atoms with Crippen molar-refractivity contribution in [2.75, 3.05) is 6.61 Å². The molecule has 0 fully saturated rings. The molecule has 0 aliphatic rings. The van der Waals surface area contributed by atoms with Gasteiger partial charge in [-0.15, -0.1) is 0 Å². The lowest BCUT2D eigenvalue weighted by atomic mass is 10.1. The molecule has 0 radical (unpaired) electrons. The van der Waals surface area contributed by atoms with Crippen LogP contribution in [0.15, 0.2) is 30.7 Å². The first-order valence-corrected chi connectivity index (χ1v) is 7.28. The number of nitrogens with zero attached hydrogens (tertiary/aromatic N) is 6. The maximum atomic E-state index is 11.1. The van der Waals surface area contributed by atoms with E-state index in [1.54, 1.807) is 23.1 Å². The molecule has 9 heteroatoms. The quantitative estimate of drug-likeness (QED) is 0.526. The Morgan fingerprint density at radius 2 is 2.21 bits per heavy atom. The van der Waals surface area contributed by atoms with E-state index in [0.717, 1.165) is 0 Å². The molecule has 3 aromatic rings. The Hall–Kier alpha value is -3.25. The van der Waals surface area contributed by atoms with Crippen molar-refractivity contribution in [3.05, 3.63) is 46.4 Å². The maximum absolute atomic E-state index is 11.1. The molecule has 122 valence electrons. The Morgan fingerprint density at radius 1 is 1.42 bits per heavy atom. The molecule has 0 saturated heterocycles. The van der Waals surface area contributed by atoms with Gasteiger partial charge in [0.1, 0.15) is 12.3 Å². The SMILES string of the molecule is CCOC(C)n1cc(-c2c(C#N)cnn3c([N+](=O)[O-])ccc23)cn1. The smallest absolute Gasteiger partial charge is 0.348 e. The van der Waals surface area contributed by atoms with Crippen LogP contribution in [0.25, 0.3) is 16.6 Å². The van der Waals surface area contributed by atoms with Gasteiger partial charge in [-0.1, -0.05) is 9.61 Å². The molecule has 9 nitrogen and oxygen atoms in total. The van der Waals surface area contributed by atoms with Crippen molar-refractivity contribution in [2.45, 2.75) is 20.1 Å². The molecule has 0 aromatic carbocycles. The van der Waals surface area contributed by atoms with Crippen LogP contribution in [0.1, 0.15) is 25.6 Å². The first-order valence-electron chi connectivity index (χ1n) is 7.28. The van der Waals surface area contributed by atoms with Crippen LogP contribution in [0.5, 0.6) is 0 Å². The molecule has 1 atom stereocenters. The van der Waals surface area contributed by atoms with Gasteiger partial charge in [-0.05, 0) is 24.8 Å². The average molecular weight is 326 g/mol. The molecule has 0 aliphatic carbocycles. The predicted molar refractivity (Wildman–Crippen MR) is 84.1 cm³/mol. The molecule has 0 N–H and O–H groups in total. The van der Waals surface area contributed by atoms with Gasteiger partial charge in [-0.25, -0.2) is 4.68 Å². The Balaban J connectivity index is 2.18. The van der Waals surface area contributed by atoms with E-state index >= 15 is 0 Å². The highest BCUT2D eigenvalue weighted by Gasteiger charge is 2.22. The summed E-state index contributed by atoms with van der Waals surface area (Å²) in [6, 6.07) is 5.01. The number of hydrogen-bond donors (Lipinski definition) is 0. The Morgan fingerprint density at radius 3 is 2.88 bits per heavy atom. The second-order valence-electron chi connectivity index (χ2n) is 5.05. The van der Waals surface area contributed by atoms with Gasteiger partial charge in [-0.2, -0.15) is 10.4 Å². The van der Waals surface area contributed by atoms with Crippen molar-refractivity contribution in [3.63, 3.8) is 0 Å². The van der Waals surface area contributed by atoms with Crippen molar-refractivity contribution in [2.24, 2.45) is 0 Å². The van der Waals surface area contributed by atoms with Gasteiger partial charge in [0.05, 0.1) is 23.5 Å². The van der Waals surface area contributed by atoms with Crippen LogP contribution >= 0.6 is 0 Å². The lowest BCUT2D eigenvalue weighted by molar-refractivity contribution is -0.390. The minimum absolute atomic E-state index is 0.161. The lowest BCUT2D eigenvalue weighted by Crippen LogP contribution is -2.09. The number of fused-ring (bicyclic) bond motifs is 1. The van der Waals surface area contributed by atoms with Gasteiger partial charge in [0.25, 0.3) is 0 Å². The largest absolute Gasteiger partial charge is 0.358 e. The van der Waals surface area contributed by atoms with Crippen LogP contribution in [0.3, 0.4) is 0 Å². The summed E-state index contributed by atoms with van der Waals surface area (Å²) in [5.74, 6) is -0.161. The Bertz CT molecular complexity index is 952. The summed E-state index contributed by atoms with van der Waals surface area (Å²) in [4.78, 5) is 10.6. The van der Waals surface area contributed by atoms with Gasteiger partial charge in [-0.3, -0.25) is 0 Å². The van der Waals surface area contributed by atoms with E-state index in [-0.39, 0.29) is 12.0 Å². The van der Waals surface area contributed by atoms with Gasteiger partial charge >= 0.3 is 5.82 Å². The van der Waals surface area contributed by atoms with Crippen molar-refractivity contribution >= 4 is 11.3 Å². The second-order valence-corrected chi connectivity index (χ2v) is 5.05. The average Bonchev–Trinajstić information content (AvgIpc) is 3.21. The molecule has 3 rings (SSSR count). The van der Waals surface area contributed by atoms with E-state index < -0.39 is 4.92 Å². The van der Waals surface area contributed by atoms with Gasteiger partial charge in [0, 0.05) is 24.4 Å².